The fourth-order valence-corrected chi connectivity index (χ4v) is 3.55. The van der Waals surface area contributed by atoms with Crippen LogP contribution in [0.15, 0.2) is 30.3 Å². The molecule has 3 nitrogen and oxygen atoms in total. The van der Waals surface area contributed by atoms with E-state index in [-0.39, 0.29) is 0 Å². The van der Waals surface area contributed by atoms with Crippen molar-refractivity contribution in [3.05, 3.63) is 35.9 Å². The summed E-state index contributed by atoms with van der Waals surface area (Å²) in [7, 11) is 0. The Kier molecular flexibility index (Phi) is 6.68. The first-order valence-corrected chi connectivity index (χ1v) is 8.35. The molecule has 0 spiro atoms. The van der Waals surface area contributed by atoms with Crippen molar-refractivity contribution in [2.24, 2.45) is 17.7 Å². The minimum absolute atomic E-state index is 0.338. The van der Waals surface area contributed by atoms with Gasteiger partial charge in [-0.25, -0.2) is 0 Å². The normalized spacial score (nSPS) is 20.9. The van der Waals surface area contributed by atoms with Crippen molar-refractivity contribution >= 4 is 0 Å². The van der Waals surface area contributed by atoms with Gasteiger partial charge in [0.25, 0.3) is 0 Å². The Morgan fingerprint density at radius 1 is 1.24 bits per heavy atom. The Hall–Kier alpha value is -0.900. The standard InChI is InChI=1S/C18H30N2O/c1-3-14(2)18(16-7-5-4-6-8-16)17(20-19)13-15-9-11-21-12-10-15/h4-8,14-15,17-18,20H,3,9-13,19H2,1-2H3. The van der Waals surface area contributed by atoms with Gasteiger partial charge in [-0.1, -0.05) is 50.6 Å². The maximum atomic E-state index is 5.94. The number of nitrogens with one attached hydrogen (secondary N) is 1. The zero-order valence-electron chi connectivity index (χ0n) is 13.4. The van der Waals surface area contributed by atoms with Crippen LogP contribution in [0.25, 0.3) is 0 Å². The average Bonchev–Trinajstić information content (AvgIpc) is 2.56. The topological polar surface area (TPSA) is 47.3 Å². The molecular formula is C18H30N2O. The molecule has 1 aromatic rings. The summed E-state index contributed by atoms with van der Waals surface area (Å²) in [5.74, 6) is 7.77. The van der Waals surface area contributed by atoms with Crippen LogP contribution in [-0.4, -0.2) is 19.3 Å². The van der Waals surface area contributed by atoms with Crippen LogP contribution < -0.4 is 11.3 Å². The van der Waals surface area contributed by atoms with Gasteiger partial charge in [0.2, 0.25) is 0 Å². The highest BCUT2D eigenvalue weighted by Gasteiger charge is 2.29. The first-order valence-electron chi connectivity index (χ1n) is 8.35. The van der Waals surface area contributed by atoms with Crippen molar-refractivity contribution in [1.82, 2.24) is 5.43 Å². The van der Waals surface area contributed by atoms with E-state index in [9.17, 15) is 0 Å². The van der Waals surface area contributed by atoms with Crippen molar-refractivity contribution in [3.8, 4) is 0 Å². The number of rotatable bonds is 7. The van der Waals surface area contributed by atoms with Crippen molar-refractivity contribution in [3.63, 3.8) is 0 Å². The van der Waals surface area contributed by atoms with Gasteiger partial charge in [-0.2, -0.15) is 0 Å². The van der Waals surface area contributed by atoms with Crippen LogP contribution in [0, 0.1) is 11.8 Å². The van der Waals surface area contributed by atoms with E-state index >= 15 is 0 Å². The van der Waals surface area contributed by atoms with Gasteiger partial charge < -0.3 is 4.74 Å². The van der Waals surface area contributed by atoms with E-state index in [2.05, 4.69) is 49.6 Å². The van der Waals surface area contributed by atoms with Gasteiger partial charge in [0, 0.05) is 25.2 Å². The second-order valence-corrected chi connectivity index (χ2v) is 6.39. The molecule has 0 radical (unpaired) electrons. The highest BCUT2D eigenvalue weighted by atomic mass is 16.5. The van der Waals surface area contributed by atoms with Crippen molar-refractivity contribution < 1.29 is 4.74 Å². The molecule has 0 amide bonds. The molecule has 3 N–H and O–H groups in total. The average molecular weight is 290 g/mol. The van der Waals surface area contributed by atoms with E-state index in [1.54, 1.807) is 0 Å². The molecule has 0 aromatic heterocycles. The lowest BCUT2D eigenvalue weighted by Crippen LogP contribution is -2.43. The summed E-state index contributed by atoms with van der Waals surface area (Å²) in [4.78, 5) is 0. The van der Waals surface area contributed by atoms with Crippen molar-refractivity contribution in [2.75, 3.05) is 13.2 Å². The van der Waals surface area contributed by atoms with Crippen LogP contribution in [0.4, 0.5) is 0 Å². The SMILES string of the molecule is CCC(C)C(c1ccccc1)C(CC1CCOCC1)NN. The molecule has 0 saturated carbocycles. The van der Waals surface area contributed by atoms with E-state index in [0.717, 1.165) is 25.6 Å². The van der Waals surface area contributed by atoms with Crippen molar-refractivity contribution in [2.45, 2.75) is 51.5 Å². The lowest BCUT2D eigenvalue weighted by Gasteiger charge is -2.35. The number of hydrazine groups is 1. The molecule has 3 heteroatoms. The molecule has 1 heterocycles. The molecule has 0 bridgehead atoms. The van der Waals surface area contributed by atoms with Crippen LogP contribution in [0.2, 0.25) is 0 Å². The predicted molar refractivity (Wildman–Crippen MR) is 87.9 cm³/mol. The van der Waals surface area contributed by atoms with Crippen LogP contribution in [-0.2, 0) is 4.74 Å². The van der Waals surface area contributed by atoms with E-state index in [1.807, 2.05) is 0 Å². The molecule has 3 unspecified atom stereocenters. The summed E-state index contributed by atoms with van der Waals surface area (Å²) in [6, 6.07) is 11.2. The minimum atomic E-state index is 0.338. The number of benzene rings is 1. The Labute approximate surface area is 129 Å². The summed E-state index contributed by atoms with van der Waals surface area (Å²) in [6.07, 6.45) is 4.65. The third-order valence-electron chi connectivity index (χ3n) is 5.02. The maximum absolute atomic E-state index is 5.94. The second-order valence-electron chi connectivity index (χ2n) is 6.39. The molecule has 0 aliphatic carbocycles. The summed E-state index contributed by atoms with van der Waals surface area (Å²) in [6.45, 7) is 6.41. The number of hydrogen-bond acceptors (Lipinski definition) is 3. The van der Waals surface area contributed by atoms with Gasteiger partial charge in [-0.3, -0.25) is 11.3 Å². The molecule has 118 valence electrons. The zero-order chi connectivity index (χ0) is 15.1. The van der Waals surface area contributed by atoms with Crippen LogP contribution >= 0.6 is 0 Å². The Morgan fingerprint density at radius 3 is 2.48 bits per heavy atom. The quantitative estimate of drug-likeness (QED) is 0.597. The molecule has 1 fully saturated rings. The molecular weight excluding hydrogens is 260 g/mol. The smallest absolute Gasteiger partial charge is 0.0468 e. The lowest BCUT2D eigenvalue weighted by molar-refractivity contribution is 0.0584. The molecule has 2 rings (SSSR count). The van der Waals surface area contributed by atoms with Crippen LogP contribution in [0.3, 0.4) is 0 Å². The van der Waals surface area contributed by atoms with Gasteiger partial charge in [0.1, 0.15) is 0 Å². The van der Waals surface area contributed by atoms with E-state index in [0.29, 0.717) is 17.9 Å². The van der Waals surface area contributed by atoms with Crippen LogP contribution in [0.5, 0.6) is 0 Å². The van der Waals surface area contributed by atoms with Gasteiger partial charge in [0.15, 0.2) is 0 Å². The summed E-state index contributed by atoms with van der Waals surface area (Å²) in [5.41, 5.74) is 4.53. The predicted octanol–water partition coefficient (Wildman–Crippen LogP) is 3.46. The molecule has 1 aromatic carbocycles. The highest BCUT2D eigenvalue weighted by molar-refractivity contribution is 5.22. The van der Waals surface area contributed by atoms with Crippen LogP contribution in [0.1, 0.15) is 51.0 Å². The number of nitrogens with two attached hydrogens (primary N) is 1. The fourth-order valence-electron chi connectivity index (χ4n) is 3.55. The number of hydrogen-bond donors (Lipinski definition) is 2. The molecule has 1 aliphatic heterocycles. The van der Waals surface area contributed by atoms with E-state index < -0.39 is 0 Å². The van der Waals surface area contributed by atoms with E-state index in [4.69, 9.17) is 10.6 Å². The van der Waals surface area contributed by atoms with Gasteiger partial charge in [0.05, 0.1) is 0 Å². The molecule has 21 heavy (non-hydrogen) atoms. The molecule has 1 saturated heterocycles. The molecule has 3 atom stereocenters. The fraction of sp³-hybridized carbons (Fsp3) is 0.667. The summed E-state index contributed by atoms with van der Waals surface area (Å²) < 4.78 is 5.48. The monoisotopic (exact) mass is 290 g/mol. The lowest BCUT2D eigenvalue weighted by atomic mass is 9.76. The third-order valence-corrected chi connectivity index (χ3v) is 5.02. The van der Waals surface area contributed by atoms with Gasteiger partial charge in [-0.05, 0) is 36.7 Å². The first-order chi connectivity index (χ1) is 10.3. The largest absolute Gasteiger partial charge is 0.381 e. The maximum Gasteiger partial charge on any atom is 0.0468 e. The number of ether oxygens (including phenoxy) is 1. The summed E-state index contributed by atoms with van der Waals surface area (Å²) >= 11 is 0. The first kappa shape index (κ1) is 16.5. The van der Waals surface area contributed by atoms with Gasteiger partial charge in [-0.15, -0.1) is 0 Å². The second kappa shape index (κ2) is 8.52. The van der Waals surface area contributed by atoms with Crippen molar-refractivity contribution in [1.29, 1.82) is 0 Å². The molecule has 1 aliphatic rings. The Balaban J connectivity index is 2.12. The zero-order valence-corrected chi connectivity index (χ0v) is 13.4. The minimum Gasteiger partial charge on any atom is -0.381 e. The third kappa shape index (κ3) is 4.53. The highest BCUT2D eigenvalue weighted by Crippen LogP contribution is 2.34. The van der Waals surface area contributed by atoms with E-state index in [1.165, 1.54) is 24.8 Å². The van der Waals surface area contributed by atoms with Gasteiger partial charge >= 0.3 is 0 Å². The Bertz CT molecular complexity index is 389. The Morgan fingerprint density at radius 2 is 1.90 bits per heavy atom. The summed E-state index contributed by atoms with van der Waals surface area (Å²) in [5, 5.41) is 0.